The zero-order chi connectivity index (χ0) is 13.6. The molecule has 1 saturated heterocycles. The molecule has 0 aromatic carbocycles. The van der Waals surface area contributed by atoms with Crippen molar-refractivity contribution in [1.82, 2.24) is 5.32 Å². The molecule has 0 aliphatic carbocycles. The topological polar surface area (TPSA) is 64.4 Å². The Kier molecular flexibility index (Phi) is 6.09. The van der Waals surface area contributed by atoms with Gasteiger partial charge in [0.05, 0.1) is 5.41 Å². The number of rotatable bonds is 6. The lowest BCUT2D eigenvalue weighted by molar-refractivity contribution is -0.136. The van der Waals surface area contributed by atoms with Gasteiger partial charge >= 0.3 is 0 Å². The third-order valence-corrected chi connectivity index (χ3v) is 4.44. The number of carbonyl (C=O) groups excluding carboxylic acids is 1. The van der Waals surface area contributed by atoms with Gasteiger partial charge in [0.25, 0.3) is 0 Å². The van der Waals surface area contributed by atoms with Gasteiger partial charge in [-0.3, -0.25) is 4.79 Å². The molecule has 18 heavy (non-hydrogen) atoms. The minimum atomic E-state index is -0.404. The summed E-state index contributed by atoms with van der Waals surface area (Å²) in [5.41, 5.74) is 5.44. The van der Waals surface area contributed by atoms with E-state index < -0.39 is 5.41 Å². The third kappa shape index (κ3) is 3.45. The molecule has 0 radical (unpaired) electrons. The molecule has 0 spiro atoms. The van der Waals surface area contributed by atoms with Crippen molar-refractivity contribution in [3.05, 3.63) is 0 Å². The average molecular weight is 256 g/mol. The summed E-state index contributed by atoms with van der Waals surface area (Å²) in [5, 5.41) is 3.17. The lowest BCUT2D eigenvalue weighted by atomic mass is 9.79. The number of nitrogens with one attached hydrogen (secondary N) is 1. The van der Waals surface area contributed by atoms with E-state index in [4.69, 9.17) is 10.5 Å². The molecular weight excluding hydrogens is 228 g/mol. The summed E-state index contributed by atoms with van der Waals surface area (Å²) >= 11 is 0. The highest BCUT2D eigenvalue weighted by molar-refractivity contribution is 5.83. The molecule has 1 aliphatic heterocycles. The van der Waals surface area contributed by atoms with Gasteiger partial charge in [-0.1, -0.05) is 26.7 Å². The standard InChI is InChI=1S/C14H28N2O2/c1-4-12(5-2)11(3)16-13(17)14(10-15)6-8-18-9-7-14/h11-12H,4-10,15H2,1-3H3,(H,16,17). The first-order valence-electron chi connectivity index (χ1n) is 7.18. The van der Waals surface area contributed by atoms with Crippen LogP contribution in [0.1, 0.15) is 46.5 Å². The Balaban J connectivity index is 2.61. The van der Waals surface area contributed by atoms with Gasteiger partial charge in [-0.05, 0) is 25.7 Å². The summed E-state index contributed by atoms with van der Waals surface area (Å²) in [5.74, 6) is 0.663. The number of carbonyl (C=O) groups is 1. The Morgan fingerprint density at radius 2 is 1.89 bits per heavy atom. The quantitative estimate of drug-likeness (QED) is 0.760. The fraction of sp³-hybridized carbons (Fsp3) is 0.929. The van der Waals surface area contributed by atoms with Crippen LogP contribution < -0.4 is 11.1 Å². The number of hydrogen-bond donors (Lipinski definition) is 2. The summed E-state index contributed by atoms with van der Waals surface area (Å²) in [6.45, 7) is 8.14. The fourth-order valence-corrected chi connectivity index (χ4v) is 2.76. The first kappa shape index (κ1) is 15.4. The van der Waals surface area contributed by atoms with Crippen LogP contribution in [-0.4, -0.2) is 31.7 Å². The normalized spacial score (nSPS) is 20.7. The maximum atomic E-state index is 12.5. The Labute approximate surface area is 111 Å². The molecule has 4 nitrogen and oxygen atoms in total. The van der Waals surface area contributed by atoms with Crippen molar-refractivity contribution in [1.29, 1.82) is 0 Å². The summed E-state index contributed by atoms with van der Waals surface area (Å²) in [6.07, 6.45) is 3.67. The largest absolute Gasteiger partial charge is 0.381 e. The van der Waals surface area contributed by atoms with Crippen molar-refractivity contribution in [2.24, 2.45) is 17.1 Å². The molecule has 0 aromatic rings. The number of hydrogen-bond acceptors (Lipinski definition) is 3. The Bertz CT molecular complexity index is 259. The highest BCUT2D eigenvalue weighted by Gasteiger charge is 2.39. The second-order valence-corrected chi connectivity index (χ2v) is 5.44. The van der Waals surface area contributed by atoms with E-state index in [0.717, 1.165) is 25.7 Å². The van der Waals surface area contributed by atoms with E-state index in [1.807, 2.05) is 0 Å². The molecule has 1 aliphatic rings. The van der Waals surface area contributed by atoms with Crippen molar-refractivity contribution < 1.29 is 9.53 Å². The van der Waals surface area contributed by atoms with E-state index in [2.05, 4.69) is 26.1 Å². The van der Waals surface area contributed by atoms with Gasteiger partial charge in [0, 0.05) is 25.8 Å². The Hall–Kier alpha value is -0.610. The smallest absolute Gasteiger partial charge is 0.227 e. The third-order valence-electron chi connectivity index (χ3n) is 4.44. The fourth-order valence-electron chi connectivity index (χ4n) is 2.76. The predicted molar refractivity (Wildman–Crippen MR) is 73.2 cm³/mol. The van der Waals surface area contributed by atoms with Gasteiger partial charge in [-0.15, -0.1) is 0 Å². The Morgan fingerprint density at radius 3 is 2.33 bits per heavy atom. The van der Waals surface area contributed by atoms with Crippen LogP contribution in [0.3, 0.4) is 0 Å². The number of ether oxygens (including phenoxy) is 1. The van der Waals surface area contributed by atoms with Crippen LogP contribution in [0.25, 0.3) is 0 Å². The molecular formula is C14H28N2O2. The summed E-state index contributed by atoms with van der Waals surface area (Å²) in [7, 11) is 0. The SMILES string of the molecule is CCC(CC)C(C)NC(=O)C1(CN)CCOCC1. The van der Waals surface area contributed by atoms with Crippen molar-refractivity contribution in [2.45, 2.75) is 52.5 Å². The summed E-state index contributed by atoms with van der Waals surface area (Å²) in [4.78, 5) is 12.5. The van der Waals surface area contributed by atoms with Crippen LogP contribution in [-0.2, 0) is 9.53 Å². The lowest BCUT2D eigenvalue weighted by Crippen LogP contribution is -2.52. The summed E-state index contributed by atoms with van der Waals surface area (Å²) in [6, 6.07) is 0.221. The van der Waals surface area contributed by atoms with Crippen molar-refractivity contribution >= 4 is 5.91 Å². The van der Waals surface area contributed by atoms with Gasteiger partial charge < -0.3 is 15.8 Å². The second kappa shape index (κ2) is 7.10. The predicted octanol–water partition coefficient (Wildman–Crippen LogP) is 1.68. The van der Waals surface area contributed by atoms with Crippen molar-refractivity contribution in [3.8, 4) is 0 Å². The van der Waals surface area contributed by atoms with Gasteiger partial charge in [-0.25, -0.2) is 0 Å². The Morgan fingerprint density at radius 1 is 1.33 bits per heavy atom. The number of amides is 1. The zero-order valence-corrected chi connectivity index (χ0v) is 12.0. The van der Waals surface area contributed by atoms with E-state index in [0.29, 0.717) is 25.7 Å². The van der Waals surface area contributed by atoms with Crippen molar-refractivity contribution in [3.63, 3.8) is 0 Å². The van der Waals surface area contributed by atoms with Crippen LogP contribution in [0, 0.1) is 11.3 Å². The molecule has 1 fully saturated rings. The van der Waals surface area contributed by atoms with Crippen LogP contribution in [0.15, 0.2) is 0 Å². The van der Waals surface area contributed by atoms with Crippen molar-refractivity contribution in [2.75, 3.05) is 19.8 Å². The zero-order valence-electron chi connectivity index (χ0n) is 12.0. The molecule has 1 unspecified atom stereocenters. The average Bonchev–Trinajstić information content (AvgIpc) is 2.40. The minimum Gasteiger partial charge on any atom is -0.381 e. The minimum absolute atomic E-state index is 0.118. The first-order chi connectivity index (χ1) is 8.59. The highest BCUT2D eigenvalue weighted by Crippen LogP contribution is 2.30. The van der Waals surface area contributed by atoms with Crippen LogP contribution >= 0.6 is 0 Å². The van der Waals surface area contributed by atoms with Crippen LogP contribution in [0.4, 0.5) is 0 Å². The number of nitrogens with two attached hydrogens (primary N) is 1. The van der Waals surface area contributed by atoms with Gasteiger partial charge in [0.15, 0.2) is 0 Å². The van der Waals surface area contributed by atoms with Crippen LogP contribution in [0.2, 0.25) is 0 Å². The molecule has 0 bridgehead atoms. The van der Waals surface area contributed by atoms with Crippen LogP contribution in [0.5, 0.6) is 0 Å². The molecule has 1 atom stereocenters. The molecule has 1 rings (SSSR count). The lowest BCUT2D eigenvalue weighted by Gasteiger charge is -2.36. The monoisotopic (exact) mass is 256 g/mol. The molecule has 1 amide bonds. The van der Waals surface area contributed by atoms with E-state index >= 15 is 0 Å². The highest BCUT2D eigenvalue weighted by atomic mass is 16.5. The van der Waals surface area contributed by atoms with E-state index in [1.165, 1.54) is 0 Å². The molecule has 3 N–H and O–H groups in total. The molecule has 4 heteroatoms. The maximum Gasteiger partial charge on any atom is 0.227 e. The van der Waals surface area contributed by atoms with Gasteiger partial charge in [-0.2, -0.15) is 0 Å². The second-order valence-electron chi connectivity index (χ2n) is 5.44. The molecule has 106 valence electrons. The van der Waals surface area contributed by atoms with Gasteiger partial charge in [0.1, 0.15) is 0 Å². The maximum absolute atomic E-state index is 12.5. The summed E-state index contributed by atoms with van der Waals surface area (Å²) < 4.78 is 5.34. The van der Waals surface area contributed by atoms with E-state index in [9.17, 15) is 4.79 Å². The van der Waals surface area contributed by atoms with E-state index in [1.54, 1.807) is 0 Å². The van der Waals surface area contributed by atoms with Gasteiger partial charge in [0.2, 0.25) is 5.91 Å². The first-order valence-corrected chi connectivity index (χ1v) is 7.18. The molecule has 1 heterocycles. The van der Waals surface area contributed by atoms with E-state index in [-0.39, 0.29) is 11.9 Å². The molecule has 0 saturated carbocycles. The molecule has 0 aromatic heterocycles.